The number of rotatable bonds is 5. The average molecular weight is 477 g/mol. The van der Waals surface area contributed by atoms with Crippen molar-refractivity contribution in [1.82, 2.24) is 14.7 Å². The number of carbonyl (C=O) groups is 1. The molecule has 6 nitrogen and oxygen atoms in total. The molecule has 1 aliphatic carbocycles. The number of nitrogens with one attached hydrogen (secondary N) is 1. The van der Waals surface area contributed by atoms with Crippen LogP contribution in [0.15, 0.2) is 30.3 Å². The molecule has 1 N–H and O–H groups in total. The summed E-state index contributed by atoms with van der Waals surface area (Å²) in [6, 6.07) is 7.01. The number of fused-ring (bicyclic) bond motifs is 3. The normalized spacial score (nSPS) is 27.2. The van der Waals surface area contributed by atoms with E-state index in [1.54, 1.807) is 0 Å². The van der Waals surface area contributed by atoms with Gasteiger partial charge in [-0.3, -0.25) is 14.9 Å². The molecule has 4 atom stereocenters. The summed E-state index contributed by atoms with van der Waals surface area (Å²) < 4.78 is 46.1. The minimum atomic E-state index is -4.46. The standard InChI is InChI=1S/C25H31F3N4O2/c1-31-23(13-22(30-31)16-5-2-3-6-16)21-14-32-10-9-17(21)11-20(32)15-34-24(33)29-19-8-4-7-18(12-19)25(26,27)28/h4,7-8,12-13,16-17,20-21H,2-3,5-6,9-11,14-15H2,1H3,(H,29,33)/t17-,20+,21+/m0/s1. The van der Waals surface area contributed by atoms with Gasteiger partial charge in [0.05, 0.1) is 11.3 Å². The minimum Gasteiger partial charge on any atom is -0.448 e. The van der Waals surface area contributed by atoms with E-state index in [-0.39, 0.29) is 18.3 Å². The molecule has 4 fully saturated rings. The lowest BCUT2D eigenvalue weighted by Gasteiger charge is -2.49. The molecule has 34 heavy (non-hydrogen) atoms. The fourth-order valence-corrected chi connectivity index (χ4v) is 6.02. The molecule has 1 aromatic carbocycles. The van der Waals surface area contributed by atoms with Crippen LogP contribution in [-0.4, -0.2) is 46.5 Å². The summed E-state index contributed by atoms with van der Waals surface area (Å²) in [5.41, 5.74) is 1.80. The zero-order valence-corrected chi connectivity index (χ0v) is 19.4. The monoisotopic (exact) mass is 476 g/mol. The highest BCUT2D eigenvalue weighted by atomic mass is 19.4. The number of halogens is 3. The molecule has 3 saturated heterocycles. The lowest BCUT2D eigenvalue weighted by atomic mass is 9.74. The molecular formula is C25H31F3N4O2. The predicted molar refractivity (Wildman–Crippen MR) is 122 cm³/mol. The molecule has 9 heteroatoms. The summed E-state index contributed by atoms with van der Waals surface area (Å²) >= 11 is 0. The van der Waals surface area contributed by atoms with Crippen LogP contribution in [0.1, 0.15) is 67.3 Å². The molecule has 1 saturated carbocycles. The maximum absolute atomic E-state index is 12.9. The van der Waals surface area contributed by atoms with Crippen molar-refractivity contribution in [2.24, 2.45) is 13.0 Å². The number of amides is 1. The molecule has 2 bridgehead atoms. The molecule has 4 aliphatic rings. The van der Waals surface area contributed by atoms with Crippen LogP contribution < -0.4 is 5.32 Å². The number of benzene rings is 1. The van der Waals surface area contributed by atoms with Gasteiger partial charge in [-0.15, -0.1) is 0 Å². The van der Waals surface area contributed by atoms with Crippen molar-refractivity contribution in [3.05, 3.63) is 47.3 Å². The Bertz CT molecular complexity index is 1030. The summed E-state index contributed by atoms with van der Waals surface area (Å²) in [5.74, 6) is 1.53. The predicted octanol–water partition coefficient (Wildman–Crippen LogP) is 5.52. The van der Waals surface area contributed by atoms with E-state index in [0.29, 0.717) is 17.8 Å². The Morgan fingerprint density at radius 1 is 1.21 bits per heavy atom. The molecule has 184 valence electrons. The van der Waals surface area contributed by atoms with Crippen LogP contribution in [0.5, 0.6) is 0 Å². The number of piperidine rings is 3. The zero-order chi connectivity index (χ0) is 23.9. The quantitative estimate of drug-likeness (QED) is 0.617. The Labute approximate surface area is 197 Å². The van der Waals surface area contributed by atoms with Crippen molar-refractivity contribution < 1.29 is 22.7 Å². The van der Waals surface area contributed by atoms with Crippen LogP contribution in [0, 0.1) is 5.92 Å². The first-order chi connectivity index (χ1) is 16.3. The molecule has 3 aliphatic heterocycles. The van der Waals surface area contributed by atoms with Crippen molar-refractivity contribution in [2.45, 2.75) is 62.6 Å². The van der Waals surface area contributed by atoms with E-state index in [2.05, 4.69) is 21.0 Å². The summed E-state index contributed by atoms with van der Waals surface area (Å²) in [5, 5.41) is 7.26. The molecule has 6 rings (SSSR count). The third kappa shape index (κ3) is 4.80. The van der Waals surface area contributed by atoms with Gasteiger partial charge in [0.1, 0.15) is 6.61 Å². The van der Waals surface area contributed by atoms with Gasteiger partial charge < -0.3 is 4.74 Å². The molecular weight excluding hydrogens is 445 g/mol. The Balaban J connectivity index is 1.17. The highest BCUT2D eigenvalue weighted by Gasteiger charge is 2.42. The zero-order valence-electron chi connectivity index (χ0n) is 19.4. The summed E-state index contributed by atoms with van der Waals surface area (Å²) in [6.45, 7) is 2.11. The highest BCUT2D eigenvalue weighted by molar-refractivity contribution is 5.84. The van der Waals surface area contributed by atoms with Crippen molar-refractivity contribution in [3.63, 3.8) is 0 Å². The third-order valence-corrected chi connectivity index (χ3v) is 7.81. The lowest BCUT2D eigenvalue weighted by Crippen LogP contribution is -2.54. The highest BCUT2D eigenvalue weighted by Crippen LogP contribution is 2.43. The second kappa shape index (κ2) is 9.24. The van der Waals surface area contributed by atoms with E-state index in [1.165, 1.54) is 49.2 Å². The first kappa shape index (κ1) is 23.2. The lowest BCUT2D eigenvalue weighted by molar-refractivity contribution is -0.137. The van der Waals surface area contributed by atoms with Gasteiger partial charge in [0.25, 0.3) is 0 Å². The smallest absolute Gasteiger partial charge is 0.416 e. The van der Waals surface area contributed by atoms with Gasteiger partial charge in [-0.25, -0.2) is 4.79 Å². The van der Waals surface area contributed by atoms with Gasteiger partial charge in [-0.1, -0.05) is 18.9 Å². The van der Waals surface area contributed by atoms with Crippen molar-refractivity contribution in [1.29, 1.82) is 0 Å². The van der Waals surface area contributed by atoms with Crippen LogP contribution in [-0.2, 0) is 18.0 Å². The van der Waals surface area contributed by atoms with Crippen LogP contribution in [0.25, 0.3) is 0 Å². The third-order valence-electron chi connectivity index (χ3n) is 7.81. The topological polar surface area (TPSA) is 59.4 Å². The van der Waals surface area contributed by atoms with Crippen LogP contribution in [0.3, 0.4) is 0 Å². The number of hydrogen-bond donors (Lipinski definition) is 1. The number of anilines is 1. The second-order valence-corrected chi connectivity index (χ2v) is 9.94. The molecule has 1 aromatic heterocycles. The summed E-state index contributed by atoms with van der Waals surface area (Å²) in [4.78, 5) is 14.6. The number of hydrogen-bond acceptors (Lipinski definition) is 4. The van der Waals surface area contributed by atoms with Crippen LogP contribution in [0.2, 0.25) is 0 Å². The first-order valence-corrected chi connectivity index (χ1v) is 12.2. The Hall–Kier alpha value is -2.55. The number of carbonyl (C=O) groups excluding carboxylic acids is 1. The van der Waals surface area contributed by atoms with Crippen LogP contribution in [0.4, 0.5) is 23.7 Å². The largest absolute Gasteiger partial charge is 0.448 e. The number of nitrogens with zero attached hydrogens (tertiary/aromatic N) is 3. The number of aromatic nitrogens is 2. The molecule has 0 radical (unpaired) electrons. The van der Waals surface area contributed by atoms with Crippen molar-refractivity contribution >= 4 is 11.8 Å². The van der Waals surface area contributed by atoms with Crippen molar-refractivity contribution in [3.8, 4) is 0 Å². The molecule has 2 aromatic rings. The molecule has 1 unspecified atom stereocenters. The molecule has 0 spiro atoms. The van der Waals surface area contributed by atoms with E-state index in [1.807, 2.05) is 7.05 Å². The maximum atomic E-state index is 12.9. The van der Waals surface area contributed by atoms with E-state index < -0.39 is 17.8 Å². The SMILES string of the molecule is Cn1nc(C2CCCC2)cc1[C@@H]1CN2CC[C@H]1C[C@@H]2COC(=O)Nc1cccc(C(F)(F)F)c1. The fraction of sp³-hybridized carbons (Fsp3) is 0.600. The number of alkyl halides is 3. The molecule has 1 amide bonds. The van der Waals surface area contributed by atoms with Gasteiger partial charge in [0.2, 0.25) is 0 Å². The minimum absolute atomic E-state index is 0.0691. The van der Waals surface area contributed by atoms with E-state index in [0.717, 1.165) is 38.1 Å². The molecule has 4 heterocycles. The second-order valence-electron chi connectivity index (χ2n) is 9.94. The summed E-state index contributed by atoms with van der Waals surface area (Å²) in [6.07, 6.45) is 1.91. The van der Waals surface area contributed by atoms with E-state index >= 15 is 0 Å². The maximum Gasteiger partial charge on any atom is 0.416 e. The van der Waals surface area contributed by atoms with Gasteiger partial charge in [0, 0.05) is 42.9 Å². The van der Waals surface area contributed by atoms with E-state index in [4.69, 9.17) is 9.84 Å². The Morgan fingerprint density at radius 2 is 2.00 bits per heavy atom. The number of ether oxygens (including phenoxy) is 1. The van der Waals surface area contributed by atoms with Crippen LogP contribution >= 0.6 is 0 Å². The van der Waals surface area contributed by atoms with Gasteiger partial charge in [-0.2, -0.15) is 18.3 Å². The first-order valence-electron chi connectivity index (χ1n) is 12.2. The van der Waals surface area contributed by atoms with Gasteiger partial charge >= 0.3 is 12.3 Å². The van der Waals surface area contributed by atoms with E-state index in [9.17, 15) is 18.0 Å². The van der Waals surface area contributed by atoms with Gasteiger partial charge in [0.15, 0.2) is 0 Å². The average Bonchev–Trinajstić information content (AvgIpc) is 3.47. The Kier molecular flexibility index (Phi) is 6.31. The Morgan fingerprint density at radius 3 is 2.71 bits per heavy atom. The number of aryl methyl sites for hydroxylation is 1. The van der Waals surface area contributed by atoms with Crippen molar-refractivity contribution in [2.75, 3.05) is 25.0 Å². The summed E-state index contributed by atoms with van der Waals surface area (Å²) in [7, 11) is 2.05. The fourth-order valence-electron chi connectivity index (χ4n) is 6.02. The van der Waals surface area contributed by atoms with Gasteiger partial charge in [-0.05, 0) is 62.4 Å².